The lowest BCUT2D eigenvalue weighted by molar-refractivity contribution is -0.120. The van der Waals surface area contributed by atoms with Crippen LogP contribution in [0, 0.1) is 0 Å². The van der Waals surface area contributed by atoms with Crippen molar-refractivity contribution in [2.75, 3.05) is 0 Å². The fraction of sp³-hybridized carbons (Fsp3) is 0.111. The standard InChI is InChI=1S/C9H8N2O2/c12-8-7(10-9(13)11-8)6-4-2-1-3-5-6/h1-5,7H,(H2,10,11,12,13). The number of rotatable bonds is 1. The minimum Gasteiger partial charge on any atom is -0.322 e. The second kappa shape index (κ2) is 2.90. The first-order chi connectivity index (χ1) is 6.27. The minimum absolute atomic E-state index is 0.295. The van der Waals surface area contributed by atoms with Crippen molar-refractivity contribution in [1.29, 1.82) is 0 Å². The largest absolute Gasteiger partial charge is 0.322 e. The molecule has 3 amide bonds. The van der Waals surface area contributed by atoms with Crippen molar-refractivity contribution in [2.24, 2.45) is 0 Å². The lowest BCUT2D eigenvalue weighted by Gasteiger charge is -2.05. The monoisotopic (exact) mass is 176 g/mol. The maximum Gasteiger partial charge on any atom is 0.322 e. The highest BCUT2D eigenvalue weighted by Crippen LogP contribution is 2.15. The number of nitrogens with one attached hydrogen (secondary N) is 2. The second-order valence-corrected chi connectivity index (χ2v) is 2.81. The van der Waals surface area contributed by atoms with E-state index in [1.165, 1.54) is 0 Å². The zero-order valence-electron chi connectivity index (χ0n) is 6.78. The van der Waals surface area contributed by atoms with Crippen LogP contribution < -0.4 is 10.6 Å². The Bertz CT molecular complexity index is 348. The molecule has 1 aliphatic rings. The topological polar surface area (TPSA) is 58.2 Å². The molecule has 0 saturated carbocycles. The number of benzene rings is 1. The Morgan fingerprint density at radius 3 is 2.31 bits per heavy atom. The highest BCUT2D eigenvalue weighted by molar-refractivity contribution is 6.04. The molecule has 2 rings (SSSR count). The van der Waals surface area contributed by atoms with Gasteiger partial charge in [-0.15, -0.1) is 0 Å². The van der Waals surface area contributed by atoms with E-state index in [1.807, 2.05) is 18.2 Å². The van der Waals surface area contributed by atoms with E-state index >= 15 is 0 Å². The smallest absolute Gasteiger partial charge is 0.322 e. The van der Waals surface area contributed by atoms with Crippen LogP contribution in [0.3, 0.4) is 0 Å². The average molecular weight is 176 g/mol. The second-order valence-electron chi connectivity index (χ2n) is 2.81. The molecule has 1 saturated heterocycles. The first kappa shape index (κ1) is 7.79. The number of imide groups is 1. The van der Waals surface area contributed by atoms with Gasteiger partial charge in [0.25, 0.3) is 5.91 Å². The Kier molecular flexibility index (Phi) is 1.73. The van der Waals surface area contributed by atoms with Crippen molar-refractivity contribution in [3.8, 4) is 0 Å². The van der Waals surface area contributed by atoms with Crippen LogP contribution in [0.15, 0.2) is 30.3 Å². The van der Waals surface area contributed by atoms with Crippen LogP contribution >= 0.6 is 0 Å². The summed E-state index contributed by atoms with van der Waals surface area (Å²) in [6.45, 7) is 0. The van der Waals surface area contributed by atoms with Gasteiger partial charge in [-0.05, 0) is 5.56 Å². The first-order valence-corrected chi connectivity index (χ1v) is 3.93. The van der Waals surface area contributed by atoms with E-state index in [9.17, 15) is 9.59 Å². The van der Waals surface area contributed by atoms with Gasteiger partial charge in [0.15, 0.2) is 0 Å². The maximum absolute atomic E-state index is 11.2. The minimum atomic E-state index is -0.534. The summed E-state index contributed by atoms with van der Waals surface area (Å²) in [5, 5.41) is 4.70. The molecular formula is C9H8N2O2. The van der Waals surface area contributed by atoms with Gasteiger partial charge in [-0.25, -0.2) is 4.79 Å². The van der Waals surface area contributed by atoms with Crippen LogP contribution in [-0.4, -0.2) is 11.9 Å². The number of hydrogen-bond acceptors (Lipinski definition) is 2. The van der Waals surface area contributed by atoms with E-state index in [2.05, 4.69) is 10.6 Å². The van der Waals surface area contributed by atoms with Gasteiger partial charge in [0, 0.05) is 0 Å². The molecule has 0 aromatic heterocycles. The summed E-state index contributed by atoms with van der Waals surface area (Å²) in [5.74, 6) is -0.295. The van der Waals surface area contributed by atoms with Gasteiger partial charge in [0.2, 0.25) is 0 Å². The van der Waals surface area contributed by atoms with Crippen molar-refractivity contribution < 1.29 is 9.59 Å². The number of carbonyl (C=O) groups is 2. The summed E-state index contributed by atoms with van der Waals surface area (Å²) in [6.07, 6.45) is 0. The average Bonchev–Trinajstić information content (AvgIpc) is 2.47. The molecular weight excluding hydrogens is 168 g/mol. The quantitative estimate of drug-likeness (QED) is 0.614. The third-order valence-electron chi connectivity index (χ3n) is 1.91. The molecule has 13 heavy (non-hydrogen) atoms. The molecule has 0 radical (unpaired) electrons. The lowest BCUT2D eigenvalue weighted by atomic mass is 10.1. The number of urea groups is 1. The van der Waals surface area contributed by atoms with Crippen LogP contribution in [0.4, 0.5) is 4.79 Å². The fourth-order valence-electron chi connectivity index (χ4n) is 1.30. The van der Waals surface area contributed by atoms with Gasteiger partial charge in [-0.1, -0.05) is 30.3 Å². The molecule has 1 atom stereocenters. The molecule has 66 valence electrons. The number of carbonyl (C=O) groups excluding carboxylic acids is 2. The first-order valence-electron chi connectivity index (χ1n) is 3.93. The van der Waals surface area contributed by atoms with Crippen molar-refractivity contribution in [3.63, 3.8) is 0 Å². The third-order valence-corrected chi connectivity index (χ3v) is 1.91. The van der Waals surface area contributed by atoms with Gasteiger partial charge in [-0.3, -0.25) is 10.1 Å². The molecule has 1 unspecified atom stereocenters. The van der Waals surface area contributed by atoms with Gasteiger partial charge in [0.1, 0.15) is 6.04 Å². The van der Waals surface area contributed by atoms with Crippen LogP contribution in [-0.2, 0) is 4.79 Å². The zero-order chi connectivity index (χ0) is 9.26. The van der Waals surface area contributed by atoms with Gasteiger partial charge < -0.3 is 5.32 Å². The van der Waals surface area contributed by atoms with Gasteiger partial charge in [0.05, 0.1) is 0 Å². The van der Waals surface area contributed by atoms with E-state index in [4.69, 9.17) is 0 Å². The van der Waals surface area contributed by atoms with Crippen molar-refractivity contribution in [2.45, 2.75) is 6.04 Å². The third kappa shape index (κ3) is 1.38. The molecule has 1 fully saturated rings. The highest BCUT2D eigenvalue weighted by atomic mass is 16.2. The lowest BCUT2D eigenvalue weighted by Crippen LogP contribution is -2.22. The number of hydrogen-bond donors (Lipinski definition) is 2. The Labute approximate surface area is 74.9 Å². The van der Waals surface area contributed by atoms with Crippen LogP contribution in [0.5, 0.6) is 0 Å². The summed E-state index contributed by atoms with van der Waals surface area (Å²) >= 11 is 0. The van der Waals surface area contributed by atoms with Gasteiger partial charge in [-0.2, -0.15) is 0 Å². The summed E-state index contributed by atoms with van der Waals surface area (Å²) in [4.78, 5) is 22.0. The van der Waals surface area contributed by atoms with Crippen molar-refractivity contribution >= 4 is 11.9 Å². The summed E-state index contributed by atoms with van der Waals surface area (Å²) in [6, 6.07) is 8.15. The predicted molar refractivity (Wildman–Crippen MR) is 45.9 cm³/mol. The molecule has 0 spiro atoms. The molecule has 4 heteroatoms. The Morgan fingerprint density at radius 1 is 1.08 bits per heavy atom. The summed E-state index contributed by atoms with van der Waals surface area (Å²) < 4.78 is 0. The highest BCUT2D eigenvalue weighted by Gasteiger charge is 2.30. The maximum atomic E-state index is 11.2. The van der Waals surface area contributed by atoms with Crippen LogP contribution in [0.2, 0.25) is 0 Å². The van der Waals surface area contributed by atoms with Crippen molar-refractivity contribution in [3.05, 3.63) is 35.9 Å². The molecule has 1 aliphatic heterocycles. The molecule has 4 nitrogen and oxygen atoms in total. The molecule has 0 bridgehead atoms. The van der Waals surface area contributed by atoms with E-state index in [0.29, 0.717) is 0 Å². The predicted octanol–water partition coefficient (Wildman–Crippen LogP) is 0.567. The van der Waals surface area contributed by atoms with Crippen molar-refractivity contribution in [1.82, 2.24) is 10.6 Å². The molecule has 2 N–H and O–H groups in total. The van der Waals surface area contributed by atoms with E-state index < -0.39 is 12.1 Å². The zero-order valence-corrected chi connectivity index (χ0v) is 6.78. The van der Waals surface area contributed by atoms with Crippen LogP contribution in [0.1, 0.15) is 11.6 Å². The normalized spacial score (nSPS) is 21.1. The van der Waals surface area contributed by atoms with E-state index in [1.54, 1.807) is 12.1 Å². The Hall–Kier alpha value is -1.84. The van der Waals surface area contributed by atoms with Crippen LogP contribution in [0.25, 0.3) is 0 Å². The number of amides is 3. The molecule has 1 heterocycles. The Morgan fingerprint density at radius 2 is 1.77 bits per heavy atom. The fourth-order valence-corrected chi connectivity index (χ4v) is 1.30. The summed E-state index contributed by atoms with van der Waals surface area (Å²) in [7, 11) is 0. The Balaban J connectivity index is 2.28. The van der Waals surface area contributed by atoms with Gasteiger partial charge >= 0.3 is 6.03 Å². The molecule has 1 aromatic carbocycles. The van der Waals surface area contributed by atoms with E-state index in [-0.39, 0.29) is 5.91 Å². The molecule has 0 aliphatic carbocycles. The van der Waals surface area contributed by atoms with E-state index in [0.717, 1.165) is 5.56 Å². The molecule has 1 aromatic rings. The SMILES string of the molecule is O=C1NC(=O)C(c2ccccc2)N1. The summed E-state index contributed by atoms with van der Waals surface area (Å²) in [5.41, 5.74) is 0.797.